The van der Waals surface area contributed by atoms with Gasteiger partial charge in [-0.3, -0.25) is 0 Å². The molecule has 0 bridgehead atoms. The van der Waals surface area contributed by atoms with Gasteiger partial charge in [-0.2, -0.15) is 13.2 Å². The van der Waals surface area contributed by atoms with E-state index >= 15 is 0 Å². The van der Waals surface area contributed by atoms with E-state index in [0.29, 0.717) is 6.07 Å². The maximum atomic E-state index is 14.0. The van der Waals surface area contributed by atoms with Crippen LogP contribution in [0.25, 0.3) is 0 Å². The average molecular weight is 319 g/mol. The maximum absolute atomic E-state index is 14.0. The second-order valence-electron chi connectivity index (χ2n) is 6.38. The summed E-state index contributed by atoms with van der Waals surface area (Å²) < 4.78 is 63.0. The minimum absolute atomic E-state index is 0.0773. The van der Waals surface area contributed by atoms with E-state index in [1.54, 1.807) is 0 Å². The lowest BCUT2D eigenvalue weighted by Crippen LogP contribution is -2.41. The van der Waals surface area contributed by atoms with Gasteiger partial charge in [-0.15, -0.1) is 0 Å². The second-order valence-corrected chi connectivity index (χ2v) is 6.38. The first-order valence-corrected chi connectivity index (χ1v) is 6.83. The van der Waals surface area contributed by atoms with Crippen LogP contribution in [0.3, 0.4) is 0 Å². The highest BCUT2D eigenvalue weighted by molar-refractivity contribution is 6.47. The van der Waals surface area contributed by atoms with E-state index in [1.165, 1.54) is 0 Å². The summed E-state index contributed by atoms with van der Waals surface area (Å²) in [5.41, 5.74) is 3.48. The van der Waals surface area contributed by atoms with Gasteiger partial charge in [0, 0.05) is 5.56 Å². The van der Waals surface area contributed by atoms with Gasteiger partial charge in [-0.25, -0.2) is 4.39 Å². The summed E-state index contributed by atoms with van der Waals surface area (Å²) >= 11 is 0. The molecule has 1 fully saturated rings. The molecule has 0 radical (unpaired) electrons. The van der Waals surface area contributed by atoms with Gasteiger partial charge in [0.15, 0.2) is 0 Å². The lowest BCUT2D eigenvalue weighted by atomic mass is 9.74. The molecule has 2 rings (SSSR count). The number of nitrogens with two attached hydrogens (primary N) is 1. The van der Waals surface area contributed by atoms with Crippen molar-refractivity contribution in [1.82, 2.24) is 0 Å². The second kappa shape index (κ2) is 5.21. The third kappa shape index (κ3) is 3.00. The van der Waals surface area contributed by atoms with Crippen LogP contribution < -0.4 is 5.73 Å². The Kier molecular flexibility index (Phi) is 4.09. The van der Waals surface area contributed by atoms with Gasteiger partial charge in [0.05, 0.1) is 22.7 Å². The van der Waals surface area contributed by atoms with Crippen molar-refractivity contribution in [2.24, 2.45) is 5.73 Å². The molecule has 1 heterocycles. The Hall–Kier alpha value is -1.12. The molecule has 1 atom stereocenters. The molecule has 3 nitrogen and oxygen atoms in total. The predicted molar refractivity (Wildman–Crippen MR) is 74.4 cm³/mol. The Morgan fingerprint density at radius 1 is 1.09 bits per heavy atom. The largest absolute Gasteiger partial charge is 0.480 e. The molecule has 0 saturated carbocycles. The summed E-state index contributed by atoms with van der Waals surface area (Å²) in [7, 11) is -0.934. The fraction of sp³-hybridized carbons (Fsp3) is 0.571. The minimum Gasteiger partial charge on any atom is -0.402 e. The van der Waals surface area contributed by atoms with Crippen LogP contribution in [0.5, 0.6) is 0 Å². The Morgan fingerprint density at radius 2 is 1.59 bits per heavy atom. The van der Waals surface area contributed by atoms with Gasteiger partial charge in [0.25, 0.3) is 0 Å². The number of halogens is 4. The van der Waals surface area contributed by atoms with Gasteiger partial charge in [-0.05, 0) is 39.8 Å². The molecule has 22 heavy (non-hydrogen) atoms. The molecule has 0 spiro atoms. The van der Waals surface area contributed by atoms with Crippen molar-refractivity contribution in [1.29, 1.82) is 0 Å². The zero-order valence-electron chi connectivity index (χ0n) is 12.8. The number of rotatable bonds is 2. The Morgan fingerprint density at radius 3 is 2.00 bits per heavy atom. The van der Waals surface area contributed by atoms with E-state index in [2.05, 4.69) is 0 Å². The standard InChI is InChI=1S/C14H18BF4NO2/c1-12(2)13(3,4)22-15(21-12)11(20)9-6-5-8(7-10(9)16)14(17,18)19/h5-7,11H,20H2,1-4H3/t11-/m0/s1. The van der Waals surface area contributed by atoms with E-state index in [1.807, 2.05) is 27.7 Å². The first-order valence-electron chi connectivity index (χ1n) is 6.83. The fourth-order valence-electron chi connectivity index (χ4n) is 2.16. The summed E-state index contributed by atoms with van der Waals surface area (Å²) in [5, 5.41) is 0. The number of benzene rings is 1. The van der Waals surface area contributed by atoms with Crippen LogP contribution >= 0.6 is 0 Å². The molecular weight excluding hydrogens is 301 g/mol. The lowest BCUT2D eigenvalue weighted by Gasteiger charge is -2.32. The number of hydrogen-bond acceptors (Lipinski definition) is 3. The van der Waals surface area contributed by atoms with Crippen molar-refractivity contribution >= 4 is 7.12 Å². The first-order chi connectivity index (χ1) is 9.85. The van der Waals surface area contributed by atoms with Crippen LogP contribution in [0.2, 0.25) is 0 Å². The van der Waals surface area contributed by atoms with Crippen LogP contribution in [0.1, 0.15) is 44.8 Å². The molecule has 1 aromatic carbocycles. The average Bonchev–Trinajstić information content (AvgIpc) is 2.56. The highest BCUT2D eigenvalue weighted by atomic mass is 19.4. The van der Waals surface area contributed by atoms with Crippen molar-refractivity contribution < 1.29 is 26.9 Å². The molecule has 122 valence electrons. The third-order valence-electron chi connectivity index (χ3n) is 4.25. The summed E-state index contributed by atoms with van der Waals surface area (Å²) in [6.07, 6.45) is -4.60. The van der Waals surface area contributed by atoms with Crippen LogP contribution in [-0.4, -0.2) is 18.3 Å². The summed E-state index contributed by atoms with van der Waals surface area (Å²) in [5.74, 6) is -2.06. The zero-order chi connectivity index (χ0) is 16.9. The molecule has 0 unspecified atom stereocenters. The fourth-order valence-corrected chi connectivity index (χ4v) is 2.16. The van der Waals surface area contributed by atoms with Crippen LogP contribution in [0.15, 0.2) is 18.2 Å². The quantitative estimate of drug-likeness (QED) is 0.670. The van der Waals surface area contributed by atoms with Crippen molar-refractivity contribution in [3.8, 4) is 0 Å². The smallest absolute Gasteiger partial charge is 0.402 e. The topological polar surface area (TPSA) is 44.5 Å². The highest BCUT2D eigenvalue weighted by Crippen LogP contribution is 2.40. The zero-order valence-corrected chi connectivity index (χ0v) is 12.8. The summed E-state index contributed by atoms with van der Waals surface area (Å²) in [6.45, 7) is 7.23. The van der Waals surface area contributed by atoms with Crippen LogP contribution in [-0.2, 0) is 15.5 Å². The Bertz CT molecular complexity index is 558. The van der Waals surface area contributed by atoms with E-state index in [0.717, 1.165) is 12.1 Å². The molecule has 8 heteroatoms. The molecule has 0 aromatic heterocycles. The number of alkyl halides is 3. The molecule has 0 aliphatic carbocycles. The van der Waals surface area contributed by atoms with Gasteiger partial charge in [0.2, 0.25) is 0 Å². The van der Waals surface area contributed by atoms with Crippen molar-refractivity contribution in [3.05, 3.63) is 35.1 Å². The molecule has 1 aromatic rings. The van der Waals surface area contributed by atoms with Crippen molar-refractivity contribution in [2.75, 3.05) is 0 Å². The molecule has 1 aliphatic heterocycles. The summed E-state index contributed by atoms with van der Waals surface area (Å²) in [6, 6.07) is 2.25. The van der Waals surface area contributed by atoms with Crippen LogP contribution in [0, 0.1) is 5.82 Å². The molecular formula is C14H18BF4NO2. The van der Waals surface area contributed by atoms with E-state index in [4.69, 9.17) is 15.0 Å². The van der Waals surface area contributed by atoms with E-state index < -0.39 is 41.8 Å². The maximum Gasteiger partial charge on any atom is 0.480 e. The summed E-state index contributed by atoms with van der Waals surface area (Å²) in [4.78, 5) is 0. The van der Waals surface area contributed by atoms with Gasteiger partial charge in [0.1, 0.15) is 5.82 Å². The van der Waals surface area contributed by atoms with Crippen LogP contribution in [0.4, 0.5) is 17.6 Å². The Labute approximate surface area is 126 Å². The van der Waals surface area contributed by atoms with Crippen molar-refractivity contribution in [3.63, 3.8) is 0 Å². The van der Waals surface area contributed by atoms with Gasteiger partial charge in [-0.1, -0.05) is 6.07 Å². The predicted octanol–water partition coefficient (Wildman–Crippen LogP) is 3.48. The lowest BCUT2D eigenvalue weighted by molar-refractivity contribution is -0.137. The first kappa shape index (κ1) is 17.2. The minimum atomic E-state index is -4.60. The molecule has 1 aliphatic rings. The Balaban J connectivity index is 2.26. The highest BCUT2D eigenvalue weighted by Gasteiger charge is 2.53. The van der Waals surface area contributed by atoms with E-state index in [-0.39, 0.29) is 5.56 Å². The van der Waals surface area contributed by atoms with Crippen molar-refractivity contribution in [2.45, 2.75) is 51.0 Å². The molecule has 2 N–H and O–H groups in total. The van der Waals surface area contributed by atoms with E-state index in [9.17, 15) is 17.6 Å². The molecule has 1 saturated heterocycles. The SMILES string of the molecule is CC1(C)OB([C@@H](N)c2ccc(C(F)(F)F)cc2F)OC1(C)C. The van der Waals surface area contributed by atoms with Gasteiger partial charge >= 0.3 is 13.3 Å². The van der Waals surface area contributed by atoms with Gasteiger partial charge < -0.3 is 15.0 Å². The normalized spacial score (nSPS) is 22.0. The molecule has 0 amide bonds. The third-order valence-corrected chi connectivity index (χ3v) is 4.25. The monoisotopic (exact) mass is 319 g/mol. The number of hydrogen-bond donors (Lipinski definition) is 1.